The first-order valence-electron chi connectivity index (χ1n) is 9.13. The number of anilines is 1. The predicted molar refractivity (Wildman–Crippen MR) is 120 cm³/mol. The third kappa shape index (κ3) is 4.11. The molecule has 0 bridgehead atoms. The molecule has 0 saturated carbocycles. The summed E-state index contributed by atoms with van der Waals surface area (Å²) in [4.78, 5) is 18.7. The zero-order valence-electron chi connectivity index (χ0n) is 15.7. The highest BCUT2D eigenvalue weighted by molar-refractivity contribution is 7.99. The van der Waals surface area contributed by atoms with Crippen molar-refractivity contribution in [2.75, 3.05) is 5.32 Å². The molecule has 140 valence electrons. The second kappa shape index (κ2) is 8.17. The third-order valence-electron chi connectivity index (χ3n) is 4.19. The monoisotopic (exact) mass is 404 g/mol. The normalized spacial score (nSPS) is 11.1. The average molecular weight is 405 g/mol. The first-order chi connectivity index (χ1) is 13.6. The van der Waals surface area contributed by atoms with E-state index in [9.17, 15) is 4.79 Å². The van der Waals surface area contributed by atoms with Crippen LogP contribution in [0, 0.1) is 0 Å². The van der Waals surface area contributed by atoms with Crippen LogP contribution in [0.3, 0.4) is 0 Å². The molecule has 1 N–H and O–H groups in total. The molecule has 0 atom stereocenters. The van der Waals surface area contributed by atoms with Gasteiger partial charge < -0.3 is 5.32 Å². The molecule has 0 fully saturated rings. The number of para-hydroxylation sites is 2. The number of hydrogen-bond donors (Lipinski definition) is 1. The van der Waals surface area contributed by atoms with Crippen LogP contribution in [0.25, 0.3) is 20.8 Å². The molecule has 0 unspecified atom stereocenters. The number of hydrogen-bond acceptors (Lipinski definition) is 4. The van der Waals surface area contributed by atoms with Gasteiger partial charge in [0, 0.05) is 21.3 Å². The van der Waals surface area contributed by atoms with Gasteiger partial charge in [-0.25, -0.2) is 4.98 Å². The molecular weight excluding hydrogens is 384 g/mol. The molecule has 1 heterocycles. The summed E-state index contributed by atoms with van der Waals surface area (Å²) in [7, 11) is 0. The van der Waals surface area contributed by atoms with E-state index in [1.54, 1.807) is 23.1 Å². The molecule has 4 aromatic rings. The van der Waals surface area contributed by atoms with Gasteiger partial charge in [0.1, 0.15) is 5.01 Å². The van der Waals surface area contributed by atoms with Gasteiger partial charge in [0.2, 0.25) is 0 Å². The highest BCUT2D eigenvalue weighted by Gasteiger charge is 2.13. The maximum atomic E-state index is 12.8. The number of aromatic nitrogens is 1. The quantitative estimate of drug-likeness (QED) is 0.376. The zero-order valence-corrected chi connectivity index (χ0v) is 17.3. The Morgan fingerprint density at radius 2 is 1.68 bits per heavy atom. The van der Waals surface area contributed by atoms with E-state index in [0.717, 1.165) is 26.5 Å². The molecule has 1 aromatic heterocycles. The fourth-order valence-corrected chi connectivity index (χ4v) is 4.76. The smallest absolute Gasteiger partial charge is 0.255 e. The molecule has 1 amide bonds. The summed E-state index contributed by atoms with van der Waals surface area (Å²) in [6.07, 6.45) is 0. The topological polar surface area (TPSA) is 42.0 Å². The molecule has 3 nitrogen and oxygen atoms in total. The summed E-state index contributed by atoms with van der Waals surface area (Å²) in [5.74, 6) is -0.116. The summed E-state index contributed by atoms with van der Waals surface area (Å²) in [5.41, 5.74) is 3.32. The van der Waals surface area contributed by atoms with Crippen molar-refractivity contribution < 1.29 is 4.79 Å². The van der Waals surface area contributed by atoms with Crippen molar-refractivity contribution in [3.05, 3.63) is 78.4 Å². The number of thiazole rings is 1. The largest absolute Gasteiger partial charge is 0.321 e. The van der Waals surface area contributed by atoms with Gasteiger partial charge in [-0.3, -0.25) is 4.79 Å². The lowest BCUT2D eigenvalue weighted by atomic mass is 10.1. The summed E-state index contributed by atoms with van der Waals surface area (Å²) >= 11 is 3.42. The Morgan fingerprint density at radius 1 is 0.964 bits per heavy atom. The van der Waals surface area contributed by atoms with E-state index in [0.29, 0.717) is 10.8 Å². The van der Waals surface area contributed by atoms with Crippen LogP contribution in [0.2, 0.25) is 0 Å². The van der Waals surface area contributed by atoms with Crippen LogP contribution in [0.4, 0.5) is 5.69 Å². The van der Waals surface area contributed by atoms with Crippen LogP contribution >= 0.6 is 23.1 Å². The van der Waals surface area contributed by atoms with E-state index in [1.807, 2.05) is 66.7 Å². The molecular formula is C23H20N2OS2. The van der Waals surface area contributed by atoms with Crippen LogP contribution in [0.15, 0.2) is 77.7 Å². The van der Waals surface area contributed by atoms with Crippen molar-refractivity contribution in [2.45, 2.75) is 24.0 Å². The number of rotatable bonds is 5. The standard InChI is InChI=1S/C23H20N2OS2/c1-15(2)27-17-13-11-16(12-14-17)22(26)24-19-8-4-3-7-18(19)23-25-20-9-5-6-10-21(20)28-23/h3-15H,1-2H3,(H,24,26). The average Bonchev–Trinajstić information content (AvgIpc) is 3.12. The van der Waals surface area contributed by atoms with Gasteiger partial charge in [0.25, 0.3) is 5.91 Å². The van der Waals surface area contributed by atoms with Gasteiger partial charge in [-0.1, -0.05) is 38.1 Å². The fourth-order valence-electron chi connectivity index (χ4n) is 2.92. The highest BCUT2D eigenvalue weighted by Crippen LogP contribution is 2.34. The summed E-state index contributed by atoms with van der Waals surface area (Å²) in [6, 6.07) is 23.6. The van der Waals surface area contributed by atoms with Crippen LogP contribution in [0.5, 0.6) is 0 Å². The van der Waals surface area contributed by atoms with E-state index >= 15 is 0 Å². The molecule has 28 heavy (non-hydrogen) atoms. The number of nitrogens with zero attached hydrogens (tertiary/aromatic N) is 1. The Bertz CT molecular complexity index is 1080. The van der Waals surface area contributed by atoms with E-state index in [-0.39, 0.29) is 5.91 Å². The number of carbonyl (C=O) groups is 1. The molecule has 0 aliphatic heterocycles. The van der Waals surface area contributed by atoms with Crippen LogP contribution in [-0.4, -0.2) is 16.1 Å². The molecule has 3 aromatic carbocycles. The number of benzene rings is 3. The Hall–Kier alpha value is -2.63. The first kappa shape index (κ1) is 18.7. The number of fused-ring (bicyclic) bond motifs is 1. The zero-order chi connectivity index (χ0) is 19.5. The minimum Gasteiger partial charge on any atom is -0.321 e. The van der Waals surface area contributed by atoms with E-state index in [4.69, 9.17) is 4.98 Å². The second-order valence-corrected chi connectivity index (χ2v) is 9.36. The summed E-state index contributed by atoms with van der Waals surface area (Å²) < 4.78 is 1.14. The van der Waals surface area contributed by atoms with Crippen molar-refractivity contribution in [1.29, 1.82) is 0 Å². The number of nitrogens with one attached hydrogen (secondary N) is 1. The highest BCUT2D eigenvalue weighted by atomic mass is 32.2. The first-order valence-corrected chi connectivity index (χ1v) is 10.8. The minimum absolute atomic E-state index is 0.116. The Labute approximate surface area is 172 Å². The van der Waals surface area contributed by atoms with Crippen molar-refractivity contribution in [2.24, 2.45) is 0 Å². The number of thioether (sulfide) groups is 1. The molecule has 0 spiro atoms. The Balaban J connectivity index is 1.59. The number of carbonyl (C=O) groups excluding carboxylic acids is 1. The minimum atomic E-state index is -0.116. The molecule has 5 heteroatoms. The van der Waals surface area contributed by atoms with Gasteiger partial charge >= 0.3 is 0 Å². The van der Waals surface area contributed by atoms with Crippen LogP contribution < -0.4 is 5.32 Å². The predicted octanol–water partition coefficient (Wildman–Crippen LogP) is 6.72. The SMILES string of the molecule is CC(C)Sc1ccc(C(=O)Nc2ccccc2-c2nc3ccccc3s2)cc1. The maximum Gasteiger partial charge on any atom is 0.255 e. The lowest BCUT2D eigenvalue weighted by Crippen LogP contribution is -2.12. The van der Waals surface area contributed by atoms with Gasteiger partial charge in [0.15, 0.2) is 0 Å². The van der Waals surface area contributed by atoms with Crippen molar-refractivity contribution in [3.63, 3.8) is 0 Å². The van der Waals surface area contributed by atoms with E-state index < -0.39 is 0 Å². The van der Waals surface area contributed by atoms with Gasteiger partial charge in [0.05, 0.1) is 15.9 Å². The van der Waals surface area contributed by atoms with Crippen molar-refractivity contribution in [1.82, 2.24) is 4.98 Å². The number of amides is 1. The van der Waals surface area contributed by atoms with E-state index in [2.05, 4.69) is 25.2 Å². The summed E-state index contributed by atoms with van der Waals surface area (Å²) in [5, 5.41) is 4.47. The van der Waals surface area contributed by atoms with Gasteiger partial charge in [-0.2, -0.15) is 0 Å². The Kier molecular flexibility index (Phi) is 5.46. The molecule has 0 radical (unpaired) electrons. The lowest BCUT2D eigenvalue weighted by molar-refractivity contribution is 0.102. The fraction of sp³-hybridized carbons (Fsp3) is 0.130. The van der Waals surface area contributed by atoms with Gasteiger partial charge in [-0.15, -0.1) is 23.1 Å². The maximum absolute atomic E-state index is 12.8. The molecule has 0 aliphatic rings. The summed E-state index contributed by atoms with van der Waals surface area (Å²) in [6.45, 7) is 4.31. The molecule has 0 aliphatic carbocycles. The molecule has 0 saturated heterocycles. The second-order valence-electron chi connectivity index (χ2n) is 6.68. The van der Waals surface area contributed by atoms with Crippen LogP contribution in [-0.2, 0) is 0 Å². The van der Waals surface area contributed by atoms with Gasteiger partial charge in [-0.05, 0) is 48.5 Å². The Morgan fingerprint density at radius 3 is 2.43 bits per heavy atom. The van der Waals surface area contributed by atoms with E-state index in [1.165, 1.54) is 4.90 Å². The lowest BCUT2D eigenvalue weighted by Gasteiger charge is -2.10. The van der Waals surface area contributed by atoms with Crippen molar-refractivity contribution >= 4 is 44.9 Å². The van der Waals surface area contributed by atoms with Crippen LogP contribution in [0.1, 0.15) is 24.2 Å². The third-order valence-corrected chi connectivity index (χ3v) is 6.27. The van der Waals surface area contributed by atoms with Crippen molar-refractivity contribution in [3.8, 4) is 10.6 Å². The molecule has 4 rings (SSSR count).